The van der Waals surface area contributed by atoms with Crippen LogP contribution in [0.2, 0.25) is 0 Å². The number of amides is 1. The molecule has 0 bridgehead atoms. The fraction of sp³-hybridized carbons (Fsp3) is 0.423. The van der Waals surface area contributed by atoms with Gasteiger partial charge in [-0.15, -0.1) is 8.78 Å². The fourth-order valence-electron chi connectivity index (χ4n) is 4.78. The lowest BCUT2D eigenvalue weighted by molar-refractivity contribution is -0.286. The third-order valence-corrected chi connectivity index (χ3v) is 6.71. The van der Waals surface area contributed by atoms with Gasteiger partial charge in [-0.2, -0.15) is 0 Å². The smallest absolute Gasteiger partial charge is 0.395 e. The fourth-order valence-corrected chi connectivity index (χ4v) is 4.78. The first-order chi connectivity index (χ1) is 16.8. The standard InChI is InChI=1S/C26H27F3N2O5/c1-24(2,3)21-9-14-8-16(11-18(27)22(14)31(21)12-17(33)13-32)30-23(34)25(6-7-25)15-4-5-19-20(10-15)36-26(28,29)35-19/h4-5,8-11,17,32-33H,6-7,12-13H2,1-3H3,(H,30,34). The number of halogens is 3. The highest BCUT2D eigenvalue weighted by Crippen LogP contribution is 2.52. The van der Waals surface area contributed by atoms with Crippen LogP contribution in [0.5, 0.6) is 11.5 Å². The van der Waals surface area contributed by atoms with Crippen LogP contribution in [0.1, 0.15) is 44.9 Å². The van der Waals surface area contributed by atoms with Crippen LogP contribution in [0.25, 0.3) is 10.9 Å². The molecule has 1 unspecified atom stereocenters. The maximum atomic E-state index is 15.4. The monoisotopic (exact) mass is 504 g/mol. The molecule has 0 radical (unpaired) electrons. The topological polar surface area (TPSA) is 93.0 Å². The molecule has 1 amide bonds. The number of rotatable bonds is 6. The molecular weight excluding hydrogens is 477 g/mol. The summed E-state index contributed by atoms with van der Waals surface area (Å²) in [7, 11) is 0. The Morgan fingerprint density at radius 2 is 1.83 bits per heavy atom. The van der Waals surface area contributed by atoms with E-state index in [-0.39, 0.29) is 40.6 Å². The van der Waals surface area contributed by atoms with Crippen LogP contribution in [0.15, 0.2) is 36.4 Å². The lowest BCUT2D eigenvalue weighted by atomic mass is 9.92. The largest absolute Gasteiger partial charge is 0.586 e. The summed E-state index contributed by atoms with van der Waals surface area (Å²) in [6, 6.07) is 8.97. The first-order valence-electron chi connectivity index (χ1n) is 11.7. The number of fused-ring (bicyclic) bond motifs is 2. The van der Waals surface area contributed by atoms with Gasteiger partial charge in [0.2, 0.25) is 5.91 Å². The van der Waals surface area contributed by atoms with Crippen molar-refractivity contribution in [3.63, 3.8) is 0 Å². The van der Waals surface area contributed by atoms with E-state index < -0.39 is 30.2 Å². The number of ether oxygens (including phenoxy) is 2. The number of hydrogen-bond donors (Lipinski definition) is 3. The third-order valence-electron chi connectivity index (χ3n) is 6.71. The molecule has 5 rings (SSSR count). The Hall–Kier alpha value is -3.24. The summed E-state index contributed by atoms with van der Waals surface area (Å²) in [4.78, 5) is 13.3. The molecule has 0 saturated heterocycles. The third kappa shape index (κ3) is 4.18. The van der Waals surface area contributed by atoms with Gasteiger partial charge in [0.25, 0.3) is 0 Å². The molecule has 10 heteroatoms. The van der Waals surface area contributed by atoms with Crippen LogP contribution < -0.4 is 14.8 Å². The zero-order chi connectivity index (χ0) is 26.0. The van der Waals surface area contributed by atoms with Crippen LogP contribution >= 0.6 is 0 Å². The van der Waals surface area contributed by atoms with Crippen LogP contribution in [0.3, 0.4) is 0 Å². The number of aliphatic hydroxyl groups is 2. The van der Waals surface area contributed by atoms with E-state index in [1.54, 1.807) is 16.7 Å². The van der Waals surface area contributed by atoms with E-state index in [9.17, 15) is 23.8 Å². The zero-order valence-electron chi connectivity index (χ0n) is 20.1. The molecule has 1 atom stereocenters. The van der Waals surface area contributed by atoms with Gasteiger partial charge in [-0.3, -0.25) is 4.79 Å². The first kappa shape index (κ1) is 24.5. The number of aliphatic hydroxyl groups excluding tert-OH is 2. The Morgan fingerprint density at radius 3 is 2.47 bits per heavy atom. The second-order valence-corrected chi connectivity index (χ2v) is 10.5. The predicted molar refractivity (Wildman–Crippen MR) is 126 cm³/mol. The van der Waals surface area contributed by atoms with Crippen molar-refractivity contribution < 1.29 is 37.7 Å². The van der Waals surface area contributed by atoms with E-state index in [4.69, 9.17) is 0 Å². The molecule has 3 aromatic rings. The normalized spacial score (nSPS) is 18.3. The Morgan fingerprint density at radius 1 is 1.14 bits per heavy atom. The summed E-state index contributed by atoms with van der Waals surface area (Å²) in [5.74, 6) is -1.19. The maximum Gasteiger partial charge on any atom is 0.586 e. The number of nitrogens with zero attached hydrogens (tertiary/aromatic N) is 1. The number of aromatic nitrogens is 1. The van der Waals surface area contributed by atoms with Crippen LogP contribution in [0, 0.1) is 5.82 Å². The zero-order valence-corrected chi connectivity index (χ0v) is 20.1. The summed E-state index contributed by atoms with van der Waals surface area (Å²) in [6.07, 6.45) is -3.80. The van der Waals surface area contributed by atoms with Crippen molar-refractivity contribution in [1.82, 2.24) is 4.57 Å². The number of anilines is 1. The van der Waals surface area contributed by atoms with Gasteiger partial charge in [0.15, 0.2) is 11.5 Å². The highest BCUT2D eigenvalue weighted by molar-refractivity contribution is 6.02. The van der Waals surface area contributed by atoms with E-state index in [1.807, 2.05) is 26.8 Å². The van der Waals surface area contributed by atoms with Crippen molar-refractivity contribution in [1.29, 1.82) is 0 Å². The molecule has 1 aliphatic carbocycles. The summed E-state index contributed by atoms with van der Waals surface area (Å²) in [5.41, 5.74) is 0.490. The van der Waals surface area contributed by atoms with Gasteiger partial charge in [0.1, 0.15) is 5.82 Å². The van der Waals surface area contributed by atoms with Crippen molar-refractivity contribution >= 4 is 22.5 Å². The van der Waals surface area contributed by atoms with E-state index in [1.165, 1.54) is 18.2 Å². The molecule has 3 N–H and O–H groups in total. The highest BCUT2D eigenvalue weighted by atomic mass is 19.3. The number of nitrogens with one attached hydrogen (secondary N) is 1. The molecule has 2 aromatic carbocycles. The summed E-state index contributed by atoms with van der Waals surface area (Å²) in [6.45, 7) is 5.44. The van der Waals surface area contributed by atoms with Crippen molar-refractivity contribution in [2.75, 3.05) is 11.9 Å². The van der Waals surface area contributed by atoms with Gasteiger partial charge >= 0.3 is 6.29 Å². The number of alkyl halides is 2. The van der Waals surface area contributed by atoms with Gasteiger partial charge in [-0.1, -0.05) is 26.8 Å². The van der Waals surface area contributed by atoms with Crippen molar-refractivity contribution in [3.05, 3.63) is 53.5 Å². The summed E-state index contributed by atoms with van der Waals surface area (Å²) >= 11 is 0. The minimum atomic E-state index is -3.75. The molecule has 1 saturated carbocycles. The van der Waals surface area contributed by atoms with Crippen molar-refractivity contribution in [3.8, 4) is 11.5 Å². The van der Waals surface area contributed by atoms with Gasteiger partial charge in [0, 0.05) is 22.2 Å². The molecule has 1 aliphatic heterocycles. The van der Waals surface area contributed by atoms with Gasteiger partial charge in [-0.25, -0.2) is 4.39 Å². The highest BCUT2D eigenvalue weighted by Gasteiger charge is 2.52. The van der Waals surface area contributed by atoms with Crippen molar-refractivity contribution in [2.24, 2.45) is 0 Å². The second kappa shape index (κ2) is 8.14. The number of carbonyl (C=O) groups is 1. The van der Waals surface area contributed by atoms with Crippen molar-refractivity contribution in [2.45, 2.75) is 63.4 Å². The van der Waals surface area contributed by atoms with Gasteiger partial charge < -0.3 is 29.6 Å². The van der Waals surface area contributed by atoms with Gasteiger partial charge in [-0.05, 0) is 48.7 Å². The van der Waals surface area contributed by atoms with E-state index in [2.05, 4.69) is 14.8 Å². The molecule has 2 aliphatic rings. The molecule has 1 aromatic heterocycles. The van der Waals surface area contributed by atoms with Crippen LogP contribution in [0.4, 0.5) is 18.9 Å². The average Bonchev–Trinajstić information content (AvgIpc) is 3.41. The Balaban J connectivity index is 1.45. The van der Waals surface area contributed by atoms with E-state index >= 15 is 4.39 Å². The van der Waals surface area contributed by atoms with E-state index in [0.29, 0.717) is 23.8 Å². The molecule has 192 valence electrons. The van der Waals surface area contributed by atoms with Crippen LogP contribution in [-0.2, 0) is 22.2 Å². The number of hydrogen-bond acceptors (Lipinski definition) is 5. The summed E-state index contributed by atoms with van der Waals surface area (Å²) in [5, 5.41) is 22.7. The Labute approximate surface area is 205 Å². The maximum absolute atomic E-state index is 15.4. The molecule has 1 fully saturated rings. The average molecular weight is 505 g/mol. The Kier molecular flexibility index (Phi) is 5.53. The number of benzene rings is 2. The summed E-state index contributed by atoms with van der Waals surface area (Å²) < 4.78 is 52.8. The lowest BCUT2D eigenvalue weighted by Crippen LogP contribution is -2.28. The van der Waals surface area contributed by atoms with Gasteiger partial charge in [0.05, 0.1) is 30.2 Å². The molecular formula is C26H27F3N2O5. The molecule has 0 spiro atoms. The molecule has 7 nitrogen and oxygen atoms in total. The minimum absolute atomic E-state index is 0.0154. The number of carbonyl (C=O) groups excluding carboxylic acids is 1. The predicted octanol–water partition coefficient (Wildman–Crippen LogP) is 4.42. The SMILES string of the molecule is CC(C)(C)c1cc2cc(NC(=O)C3(c4ccc5c(c4)OC(F)(F)O5)CC3)cc(F)c2n1CC(O)CO. The second-order valence-electron chi connectivity index (χ2n) is 10.5. The quantitative estimate of drug-likeness (QED) is 0.462. The van der Waals surface area contributed by atoms with Crippen LogP contribution in [-0.4, -0.2) is 39.7 Å². The van der Waals surface area contributed by atoms with E-state index in [0.717, 1.165) is 5.69 Å². The molecule has 36 heavy (non-hydrogen) atoms. The Bertz CT molecular complexity index is 1360. The molecule has 2 heterocycles. The lowest BCUT2D eigenvalue weighted by Gasteiger charge is -2.23. The first-order valence-corrected chi connectivity index (χ1v) is 11.7. The minimum Gasteiger partial charge on any atom is -0.395 e.